The molecule has 2 aromatic carbocycles. The molecule has 1 fully saturated rings. The standard InChI is InChI=1S/C17H19NO/c1-13-16(14-9-5-3-6-10-14)19-17(18(13)2)15-11-7-4-8-12-15/h3-13,16-17H,1-2H3/t13-,16-,17?/m0/s1. The maximum atomic E-state index is 6.28. The van der Waals surface area contributed by atoms with Crippen molar-refractivity contribution in [3.05, 3.63) is 71.8 Å². The van der Waals surface area contributed by atoms with Crippen LogP contribution in [0.4, 0.5) is 0 Å². The summed E-state index contributed by atoms with van der Waals surface area (Å²) in [7, 11) is 2.13. The van der Waals surface area contributed by atoms with Gasteiger partial charge in [0.05, 0.1) is 0 Å². The van der Waals surface area contributed by atoms with Gasteiger partial charge in [0, 0.05) is 6.04 Å². The van der Waals surface area contributed by atoms with E-state index in [0.717, 1.165) is 0 Å². The average molecular weight is 253 g/mol. The van der Waals surface area contributed by atoms with Gasteiger partial charge < -0.3 is 4.74 Å². The molecule has 98 valence electrons. The molecule has 0 amide bonds. The van der Waals surface area contributed by atoms with Crippen molar-refractivity contribution in [3.8, 4) is 0 Å². The Balaban J connectivity index is 1.88. The Kier molecular flexibility index (Phi) is 3.36. The molecule has 1 aliphatic rings. The van der Waals surface area contributed by atoms with E-state index in [0.29, 0.717) is 6.04 Å². The van der Waals surface area contributed by atoms with Gasteiger partial charge in [-0.2, -0.15) is 0 Å². The number of rotatable bonds is 2. The van der Waals surface area contributed by atoms with Crippen molar-refractivity contribution >= 4 is 0 Å². The molecule has 3 atom stereocenters. The quantitative estimate of drug-likeness (QED) is 0.807. The van der Waals surface area contributed by atoms with Crippen LogP contribution in [0.15, 0.2) is 60.7 Å². The zero-order valence-corrected chi connectivity index (χ0v) is 11.4. The second-order valence-corrected chi connectivity index (χ2v) is 5.14. The summed E-state index contributed by atoms with van der Waals surface area (Å²) in [6.45, 7) is 2.22. The second-order valence-electron chi connectivity index (χ2n) is 5.14. The molecular weight excluding hydrogens is 234 g/mol. The molecule has 0 aliphatic carbocycles. The molecule has 2 aromatic rings. The monoisotopic (exact) mass is 253 g/mol. The minimum absolute atomic E-state index is 0.0430. The average Bonchev–Trinajstić information content (AvgIpc) is 2.77. The van der Waals surface area contributed by atoms with E-state index >= 15 is 0 Å². The van der Waals surface area contributed by atoms with Crippen LogP contribution in [0.2, 0.25) is 0 Å². The summed E-state index contributed by atoms with van der Waals surface area (Å²) < 4.78 is 6.28. The topological polar surface area (TPSA) is 12.5 Å². The Morgan fingerprint density at radius 2 is 1.37 bits per heavy atom. The van der Waals surface area contributed by atoms with Crippen molar-refractivity contribution < 1.29 is 4.74 Å². The first-order chi connectivity index (χ1) is 9.27. The van der Waals surface area contributed by atoms with Crippen molar-refractivity contribution in [2.45, 2.75) is 25.3 Å². The molecule has 19 heavy (non-hydrogen) atoms. The summed E-state index contributed by atoms with van der Waals surface area (Å²) in [4.78, 5) is 2.30. The molecule has 0 aromatic heterocycles. The van der Waals surface area contributed by atoms with Crippen molar-refractivity contribution in [1.29, 1.82) is 0 Å². The predicted molar refractivity (Wildman–Crippen MR) is 76.7 cm³/mol. The highest BCUT2D eigenvalue weighted by atomic mass is 16.5. The summed E-state index contributed by atoms with van der Waals surface area (Å²) in [5.74, 6) is 0. The van der Waals surface area contributed by atoms with Gasteiger partial charge in [-0.15, -0.1) is 0 Å². The molecule has 0 radical (unpaired) electrons. The van der Waals surface area contributed by atoms with Crippen LogP contribution in [0.3, 0.4) is 0 Å². The van der Waals surface area contributed by atoms with Crippen LogP contribution in [0.5, 0.6) is 0 Å². The van der Waals surface area contributed by atoms with Crippen LogP contribution in [0.25, 0.3) is 0 Å². The normalized spacial score (nSPS) is 27.6. The SMILES string of the molecule is C[C@H]1[C@@H](c2ccccc2)OC(c2ccccc2)N1C. The van der Waals surface area contributed by atoms with Crippen LogP contribution in [0, 0.1) is 0 Å². The van der Waals surface area contributed by atoms with E-state index in [1.165, 1.54) is 11.1 Å². The zero-order valence-electron chi connectivity index (χ0n) is 11.4. The molecule has 1 saturated heterocycles. The van der Waals surface area contributed by atoms with Gasteiger partial charge in [0.15, 0.2) is 0 Å². The first-order valence-electron chi connectivity index (χ1n) is 6.74. The van der Waals surface area contributed by atoms with Gasteiger partial charge in [0.25, 0.3) is 0 Å². The van der Waals surface area contributed by atoms with Gasteiger partial charge in [0.2, 0.25) is 0 Å². The van der Waals surface area contributed by atoms with Crippen molar-refractivity contribution in [1.82, 2.24) is 4.90 Å². The first kappa shape index (κ1) is 12.4. The van der Waals surface area contributed by atoms with Gasteiger partial charge in [-0.3, -0.25) is 4.90 Å². The van der Waals surface area contributed by atoms with E-state index in [-0.39, 0.29) is 12.3 Å². The minimum Gasteiger partial charge on any atom is -0.349 e. The first-order valence-corrected chi connectivity index (χ1v) is 6.74. The van der Waals surface area contributed by atoms with Gasteiger partial charge in [-0.1, -0.05) is 60.7 Å². The van der Waals surface area contributed by atoms with E-state index in [9.17, 15) is 0 Å². The van der Waals surface area contributed by atoms with Crippen LogP contribution in [-0.2, 0) is 4.74 Å². The Morgan fingerprint density at radius 3 is 1.95 bits per heavy atom. The number of benzene rings is 2. The number of likely N-dealkylation sites (N-methyl/N-ethyl adjacent to an activating group) is 1. The molecule has 3 rings (SSSR count). The predicted octanol–water partition coefficient (Wildman–Crippen LogP) is 3.78. The van der Waals surface area contributed by atoms with E-state index < -0.39 is 0 Å². The summed E-state index contributed by atoms with van der Waals surface area (Å²) in [5, 5.41) is 0. The highest BCUT2D eigenvalue weighted by Crippen LogP contribution is 2.40. The molecular formula is C17H19NO. The smallest absolute Gasteiger partial charge is 0.137 e. The van der Waals surface area contributed by atoms with Crippen LogP contribution in [0.1, 0.15) is 30.4 Å². The Hall–Kier alpha value is -1.64. The maximum Gasteiger partial charge on any atom is 0.137 e. The maximum absolute atomic E-state index is 6.28. The largest absolute Gasteiger partial charge is 0.349 e. The Bertz CT molecular complexity index is 476. The second kappa shape index (κ2) is 5.16. The fourth-order valence-electron chi connectivity index (χ4n) is 2.71. The number of hydrogen-bond donors (Lipinski definition) is 0. The molecule has 2 nitrogen and oxygen atoms in total. The third kappa shape index (κ3) is 2.29. The fourth-order valence-corrected chi connectivity index (χ4v) is 2.71. The molecule has 1 heterocycles. The summed E-state index contributed by atoms with van der Waals surface area (Å²) in [6, 6.07) is 21.3. The van der Waals surface area contributed by atoms with Gasteiger partial charge in [0.1, 0.15) is 12.3 Å². The number of hydrogen-bond acceptors (Lipinski definition) is 2. The lowest BCUT2D eigenvalue weighted by atomic mass is 10.0. The van der Waals surface area contributed by atoms with E-state index in [4.69, 9.17) is 4.74 Å². The number of nitrogens with zero attached hydrogens (tertiary/aromatic N) is 1. The molecule has 2 heteroatoms. The Labute approximate surface area is 114 Å². The third-order valence-electron chi connectivity index (χ3n) is 3.94. The van der Waals surface area contributed by atoms with Crippen LogP contribution < -0.4 is 0 Å². The lowest BCUT2D eigenvalue weighted by Gasteiger charge is -2.21. The number of ether oxygens (including phenoxy) is 1. The molecule has 0 bridgehead atoms. The van der Waals surface area contributed by atoms with Crippen LogP contribution >= 0.6 is 0 Å². The van der Waals surface area contributed by atoms with Crippen molar-refractivity contribution in [2.75, 3.05) is 7.05 Å². The van der Waals surface area contributed by atoms with Gasteiger partial charge >= 0.3 is 0 Å². The molecule has 1 unspecified atom stereocenters. The summed E-state index contributed by atoms with van der Waals surface area (Å²) in [6.07, 6.45) is 0.179. The zero-order chi connectivity index (χ0) is 13.2. The molecule has 0 spiro atoms. The molecule has 1 aliphatic heterocycles. The lowest BCUT2D eigenvalue weighted by Crippen LogP contribution is -2.27. The Morgan fingerprint density at radius 1 is 0.842 bits per heavy atom. The minimum atomic E-state index is 0.0430. The van der Waals surface area contributed by atoms with E-state index in [1.54, 1.807) is 0 Å². The van der Waals surface area contributed by atoms with Gasteiger partial charge in [-0.25, -0.2) is 0 Å². The fraction of sp³-hybridized carbons (Fsp3) is 0.294. The van der Waals surface area contributed by atoms with E-state index in [1.807, 2.05) is 12.1 Å². The van der Waals surface area contributed by atoms with Crippen molar-refractivity contribution in [2.24, 2.45) is 0 Å². The third-order valence-corrected chi connectivity index (χ3v) is 3.94. The van der Waals surface area contributed by atoms with Gasteiger partial charge in [-0.05, 0) is 25.1 Å². The van der Waals surface area contributed by atoms with E-state index in [2.05, 4.69) is 67.4 Å². The highest BCUT2D eigenvalue weighted by molar-refractivity contribution is 5.23. The highest BCUT2D eigenvalue weighted by Gasteiger charge is 2.38. The lowest BCUT2D eigenvalue weighted by molar-refractivity contribution is 0.00560. The summed E-state index contributed by atoms with van der Waals surface area (Å²) >= 11 is 0. The summed E-state index contributed by atoms with van der Waals surface area (Å²) in [5.41, 5.74) is 2.47. The van der Waals surface area contributed by atoms with Crippen molar-refractivity contribution in [3.63, 3.8) is 0 Å². The van der Waals surface area contributed by atoms with Crippen LogP contribution in [-0.4, -0.2) is 18.0 Å². The molecule has 0 saturated carbocycles. The molecule has 0 N–H and O–H groups in total.